The summed E-state index contributed by atoms with van der Waals surface area (Å²) in [5.41, 5.74) is 2.32. The molecule has 3 rings (SSSR count). The van der Waals surface area contributed by atoms with Crippen LogP contribution in [0.3, 0.4) is 0 Å². The van der Waals surface area contributed by atoms with Gasteiger partial charge in [0.15, 0.2) is 0 Å². The minimum absolute atomic E-state index is 0.127. The first-order valence-electron chi connectivity index (χ1n) is 5.61. The van der Waals surface area contributed by atoms with Crippen molar-refractivity contribution in [3.05, 3.63) is 60.6 Å². The summed E-state index contributed by atoms with van der Waals surface area (Å²) in [6, 6.07) is 11.1. The fourth-order valence-corrected chi connectivity index (χ4v) is 1.83. The third kappa shape index (κ3) is 1.96. The van der Waals surface area contributed by atoms with Gasteiger partial charge in [-0.3, -0.25) is 9.78 Å². The first-order valence-corrected chi connectivity index (χ1v) is 5.61. The van der Waals surface area contributed by atoms with Crippen LogP contribution in [0.2, 0.25) is 0 Å². The highest BCUT2D eigenvalue weighted by atomic mass is 16.1. The van der Waals surface area contributed by atoms with Crippen LogP contribution in [-0.4, -0.2) is 15.9 Å². The third-order valence-corrected chi connectivity index (χ3v) is 2.76. The van der Waals surface area contributed by atoms with Crippen LogP contribution in [0.25, 0.3) is 10.9 Å². The van der Waals surface area contributed by atoms with E-state index >= 15 is 0 Å². The monoisotopic (exact) mass is 237 g/mol. The predicted octanol–water partition coefficient (Wildman–Crippen LogP) is 2.82. The fourth-order valence-electron chi connectivity index (χ4n) is 1.83. The first kappa shape index (κ1) is 10.5. The van der Waals surface area contributed by atoms with Gasteiger partial charge in [-0.05, 0) is 35.7 Å². The van der Waals surface area contributed by atoms with Gasteiger partial charge in [0, 0.05) is 35.4 Å². The van der Waals surface area contributed by atoms with Gasteiger partial charge in [0.05, 0.1) is 0 Å². The summed E-state index contributed by atoms with van der Waals surface area (Å²) in [7, 11) is 0. The molecule has 0 unspecified atom stereocenters. The van der Waals surface area contributed by atoms with E-state index in [1.54, 1.807) is 24.5 Å². The number of fused-ring (bicyclic) bond motifs is 1. The zero-order chi connectivity index (χ0) is 12.4. The maximum Gasteiger partial charge on any atom is 0.255 e. The van der Waals surface area contributed by atoms with Gasteiger partial charge in [-0.1, -0.05) is 6.07 Å². The molecule has 0 radical (unpaired) electrons. The number of carbonyl (C=O) groups excluding carboxylic acids is 1. The van der Waals surface area contributed by atoms with E-state index in [2.05, 4.69) is 15.3 Å². The maximum atomic E-state index is 12.0. The van der Waals surface area contributed by atoms with Crippen LogP contribution in [0.15, 0.2) is 55.0 Å². The normalized spacial score (nSPS) is 10.4. The highest BCUT2D eigenvalue weighted by Crippen LogP contribution is 2.15. The second-order valence-electron chi connectivity index (χ2n) is 3.97. The van der Waals surface area contributed by atoms with E-state index < -0.39 is 0 Å². The summed E-state index contributed by atoms with van der Waals surface area (Å²) in [5.74, 6) is -0.127. The Kier molecular flexibility index (Phi) is 2.53. The molecular weight excluding hydrogens is 226 g/mol. The van der Waals surface area contributed by atoms with E-state index in [9.17, 15) is 4.79 Å². The Labute approximate surface area is 104 Å². The number of nitrogens with one attached hydrogen (secondary N) is 2. The maximum absolute atomic E-state index is 12.0. The predicted molar refractivity (Wildman–Crippen MR) is 70.5 cm³/mol. The molecule has 18 heavy (non-hydrogen) atoms. The van der Waals surface area contributed by atoms with Crippen molar-refractivity contribution in [3.8, 4) is 0 Å². The molecule has 88 valence electrons. The minimum Gasteiger partial charge on any atom is -0.361 e. The van der Waals surface area contributed by atoms with Crippen molar-refractivity contribution < 1.29 is 4.79 Å². The lowest BCUT2D eigenvalue weighted by Crippen LogP contribution is -2.11. The van der Waals surface area contributed by atoms with Crippen molar-refractivity contribution in [2.45, 2.75) is 0 Å². The number of nitrogens with zero attached hydrogens (tertiary/aromatic N) is 1. The summed E-state index contributed by atoms with van der Waals surface area (Å²) >= 11 is 0. The largest absolute Gasteiger partial charge is 0.361 e. The Morgan fingerprint density at radius 3 is 2.78 bits per heavy atom. The minimum atomic E-state index is -0.127. The molecule has 4 heteroatoms. The van der Waals surface area contributed by atoms with Gasteiger partial charge in [-0.25, -0.2) is 0 Å². The van der Waals surface area contributed by atoms with Crippen LogP contribution in [0.1, 0.15) is 10.4 Å². The molecule has 0 saturated carbocycles. The summed E-state index contributed by atoms with van der Waals surface area (Å²) in [6.07, 6.45) is 5.14. The molecule has 2 N–H and O–H groups in total. The average molecular weight is 237 g/mol. The number of hydrogen-bond donors (Lipinski definition) is 2. The van der Waals surface area contributed by atoms with E-state index in [0.29, 0.717) is 5.56 Å². The first-order chi connectivity index (χ1) is 8.83. The number of hydrogen-bond acceptors (Lipinski definition) is 2. The van der Waals surface area contributed by atoms with Crippen molar-refractivity contribution in [2.24, 2.45) is 0 Å². The van der Waals surface area contributed by atoms with E-state index in [1.165, 1.54) is 0 Å². The summed E-state index contributed by atoms with van der Waals surface area (Å²) < 4.78 is 0. The Hall–Kier alpha value is -2.62. The van der Waals surface area contributed by atoms with Crippen LogP contribution < -0.4 is 5.32 Å². The molecule has 0 aliphatic rings. The Bertz CT molecular complexity index is 688. The van der Waals surface area contributed by atoms with Gasteiger partial charge in [-0.15, -0.1) is 0 Å². The van der Waals surface area contributed by atoms with Crippen LogP contribution in [0.4, 0.5) is 5.69 Å². The molecule has 2 aromatic heterocycles. The van der Waals surface area contributed by atoms with Crippen molar-refractivity contribution >= 4 is 22.5 Å². The van der Waals surface area contributed by atoms with E-state index in [1.807, 2.05) is 30.5 Å². The topological polar surface area (TPSA) is 57.8 Å². The Morgan fingerprint density at radius 1 is 1.11 bits per heavy atom. The summed E-state index contributed by atoms with van der Waals surface area (Å²) in [4.78, 5) is 19.0. The van der Waals surface area contributed by atoms with Crippen molar-refractivity contribution in [1.82, 2.24) is 9.97 Å². The molecule has 0 bridgehead atoms. The fraction of sp³-hybridized carbons (Fsp3) is 0. The lowest BCUT2D eigenvalue weighted by Gasteiger charge is -2.04. The third-order valence-electron chi connectivity index (χ3n) is 2.76. The van der Waals surface area contributed by atoms with Crippen molar-refractivity contribution in [3.63, 3.8) is 0 Å². The van der Waals surface area contributed by atoms with Crippen LogP contribution in [-0.2, 0) is 0 Å². The van der Waals surface area contributed by atoms with E-state index in [0.717, 1.165) is 16.6 Å². The second-order valence-corrected chi connectivity index (χ2v) is 3.97. The molecule has 3 aromatic rings. The van der Waals surface area contributed by atoms with Gasteiger partial charge in [0.2, 0.25) is 0 Å². The molecule has 1 amide bonds. The number of H-pyrrole nitrogens is 1. The SMILES string of the molecule is O=C(Nc1ccncc1)c1ccc2cc[nH]c2c1. The Balaban J connectivity index is 1.87. The lowest BCUT2D eigenvalue weighted by molar-refractivity contribution is 0.102. The number of rotatable bonds is 2. The Morgan fingerprint density at radius 2 is 1.94 bits per heavy atom. The van der Waals surface area contributed by atoms with Gasteiger partial charge >= 0.3 is 0 Å². The molecule has 0 saturated heterocycles. The van der Waals surface area contributed by atoms with Crippen molar-refractivity contribution in [2.75, 3.05) is 5.32 Å². The zero-order valence-electron chi connectivity index (χ0n) is 9.55. The molecule has 0 spiro atoms. The molecule has 0 aliphatic heterocycles. The smallest absolute Gasteiger partial charge is 0.255 e. The highest BCUT2D eigenvalue weighted by Gasteiger charge is 2.06. The molecule has 2 heterocycles. The number of aromatic amines is 1. The number of aromatic nitrogens is 2. The lowest BCUT2D eigenvalue weighted by atomic mass is 10.1. The molecule has 0 fully saturated rings. The molecular formula is C14H11N3O. The van der Waals surface area contributed by atoms with Gasteiger partial charge in [-0.2, -0.15) is 0 Å². The average Bonchev–Trinajstić information content (AvgIpc) is 2.87. The van der Waals surface area contributed by atoms with Gasteiger partial charge in [0.1, 0.15) is 0 Å². The zero-order valence-corrected chi connectivity index (χ0v) is 9.55. The van der Waals surface area contributed by atoms with Crippen LogP contribution in [0, 0.1) is 0 Å². The van der Waals surface area contributed by atoms with Crippen LogP contribution in [0.5, 0.6) is 0 Å². The molecule has 0 atom stereocenters. The van der Waals surface area contributed by atoms with E-state index in [-0.39, 0.29) is 5.91 Å². The van der Waals surface area contributed by atoms with E-state index in [4.69, 9.17) is 0 Å². The van der Waals surface area contributed by atoms with Gasteiger partial charge in [0.25, 0.3) is 5.91 Å². The molecule has 4 nitrogen and oxygen atoms in total. The van der Waals surface area contributed by atoms with Gasteiger partial charge < -0.3 is 10.3 Å². The highest BCUT2D eigenvalue weighted by molar-refractivity contribution is 6.06. The standard InChI is InChI=1S/C14H11N3O/c18-14(17-12-4-6-15-7-5-12)11-2-1-10-3-8-16-13(10)9-11/h1-9,16H,(H,15,17,18). The summed E-state index contributed by atoms with van der Waals surface area (Å²) in [5, 5.41) is 3.92. The van der Waals surface area contributed by atoms with Crippen LogP contribution >= 0.6 is 0 Å². The number of amides is 1. The number of carbonyl (C=O) groups is 1. The number of benzene rings is 1. The number of pyridine rings is 1. The molecule has 0 aliphatic carbocycles. The second kappa shape index (κ2) is 4.33. The molecule has 1 aromatic carbocycles. The number of anilines is 1. The quantitative estimate of drug-likeness (QED) is 0.720. The summed E-state index contributed by atoms with van der Waals surface area (Å²) in [6.45, 7) is 0. The van der Waals surface area contributed by atoms with Crippen molar-refractivity contribution in [1.29, 1.82) is 0 Å².